The zero-order valence-corrected chi connectivity index (χ0v) is 13.5. The molecule has 0 radical (unpaired) electrons. The van der Waals surface area contributed by atoms with Gasteiger partial charge in [-0.05, 0) is 79.5 Å². The highest BCUT2D eigenvalue weighted by Gasteiger charge is 2.61. The molecule has 4 rings (SSSR count). The zero-order chi connectivity index (χ0) is 16.4. The van der Waals surface area contributed by atoms with Crippen LogP contribution in [0, 0.1) is 29.6 Å². The van der Waals surface area contributed by atoms with Gasteiger partial charge in [-0.25, -0.2) is 0 Å². The predicted molar refractivity (Wildman–Crippen MR) is 88.2 cm³/mol. The van der Waals surface area contributed by atoms with Gasteiger partial charge in [-0.1, -0.05) is 12.8 Å². The molecule has 2 saturated carbocycles. The highest BCUT2D eigenvalue weighted by Crippen LogP contribution is 2.64. The normalized spacial score (nSPS) is 41.5. The smallest absolute Gasteiger partial charge is 0.157 e. The first-order valence-corrected chi connectivity index (χ1v) is 8.64. The van der Waals surface area contributed by atoms with E-state index in [4.69, 9.17) is 6.42 Å². The number of rotatable bonds is 0. The number of aryl methyl sites for hydroxylation is 1. The van der Waals surface area contributed by atoms with Crippen LogP contribution in [0.25, 0.3) is 0 Å². The number of hydrogen-bond donors (Lipinski definition) is 3. The Hall–Kier alpha value is -1.66. The summed E-state index contributed by atoms with van der Waals surface area (Å²) in [5.74, 6) is 4.00. The Kier molecular flexibility index (Phi) is 3.03. The molecule has 3 aliphatic rings. The number of phenolic OH excluding ortho intramolecular Hbond substituents is 2. The van der Waals surface area contributed by atoms with Gasteiger partial charge in [-0.2, -0.15) is 0 Å². The van der Waals surface area contributed by atoms with E-state index in [9.17, 15) is 15.3 Å². The molecule has 0 heterocycles. The minimum absolute atomic E-state index is 0.0228. The average molecular weight is 312 g/mol. The Morgan fingerprint density at radius 2 is 1.87 bits per heavy atom. The fourth-order valence-corrected chi connectivity index (χ4v) is 5.85. The molecule has 3 N–H and O–H groups in total. The predicted octanol–water partition coefficient (Wildman–Crippen LogP) is 3.32. The summed E-state index contributed by atoms with van der Waals surface area (Å²) in [6.45, 7) is 2.17. The van der Waals surface area contributed by atoms with Crippen LogP contribution in [0.15, 0.2) is 12.1 Å². The van der Waals surface area contributed by atoms with Gasteiger partial charge in [-0.3, -0.25) is 0 Å². The molecule has 23 heavy (non-hydrogen) atoms. The van der Waals surface area contributed by atoms with E-state index < -0.39 is 5.60 Å². The van der Waals surface area contributed by atoms with Crippen molar-refractivity contribution < 1.29 is 15.3 Å². The Bertz CT molecular complexity index is 704. The van der Waals surface area contributed by atoms with Crippen LogP contribution >= 0.6 is 0 Å². The third kappa shape index (κ3) is 1.82. The Balaban J connectivity index is 1.74. The van der Waals surface area contributed by atoms with Crippen molar-refractivity contribution in [3.05, 3.63) is 23.3 Å². The number of fused-ring (bicyclic) bond motifs is 5. The lowest BCUT2D eigenvalue weighted by Gasteiger charge is -2.52. The van der Waals surface area contributed by atoms with Crippen molar-refractivity contribution in [2.75, 3.05) is 0 Å². The molecule has 0 spiro atoms. The summed E-state index contributed by atoms with van der Waals surface area (Å²) in [6, 6.07) is 3.48. The summed E-state index contributed by atoms with van der Waals surface area (Å²) in [7, 11) is 0. The Morgan fingerprint density at radius 3 is 2.61 bits per heavy atom. The number of aromatic hydroxyl groups is 2. The van der Waals surface area contributed by atoms with E-state index >= 15 is 0 Å². The molecule has 1 aromatic rings. The fraction of sp³-hybridized carbons (Fsp3) is 0.600. The number of terminal acetylenes is 1. The average Bonchev–Trinajstić information content (AvgIpc) is 2.81. The van der Waals surface area contributed by atoms with Crippen LogP contribution in [0.5, 0.6) is 11.5 Å². The summed E-state index contributed by atoms with van der Waals surface area (Å²) in [5, 5.41) is 30.6. The summed E-state index contributed by atoms with van der Waals surface area (Å²) in [5.41, 5.74) is 1.18. The van der Waals surface area contributed by atoms with E-state index in [-0.39, 0.29) is 16.9 Å². The van der Waals surface area contributed by atoms with Gasteiger partial charge in [0.1, 0.15) is 5.60 Å². The van der Waals surface area contributed by atoms with E-state index in [2.05, 4.69) is 12.8 Å². The lowest BCUT2D eigenvalue weighted by molar-refractivity contribution is -0.0647. The highest BCUT2D eigenvalue weighted by molar-refractivity contribution is 5.48. The molecular weight excluding hydrogens is 288 g/mol. The van der Waals surface area contributed by atoms with Crippen molar-refractivity contribution in [3.8, 4) is 23.8 Å². The standard InChI is InChI=1S/C20H24O3/c1-3-20(23)9-7-16-14-5-4-12-10-17(21)18(22)11-15(12)13(14)6-8-19(16,20)2/h1,10-11,13-14,16,21-23H,4-9H2,2H3/t13?,14?,16?,19-,20-/m0/s1. The maximum atomic E-state index is 10.9. The topological polar surface area (TPSA) is 60.7 Å². The van der Waals surface area contributed by atoms with E-state index in [1.807, 2.05) is 0 Å². The minimum Gasteiger partial charge on any atom is -0.504 e. The molecule has 0 amide bonds. The fourth-order valence-electron chi connectivity index (χ4n) is 5.85. The molecule has 3 nitrogen and oxygen atoms in total. The van der Waals surface area contributed by atoms with Gasteiger partial charge in [0.15, 0.2) is 11.5 Å². The Morgan fingerprint density at radius 1 is 1.13 bits per heavy atom. The molecule has 0 aromatic heterocycles. The van der Waals surface area contributed by atoms with E-state index in [0.717, 1.165) is 37.7 Å². The van der Waals surface area contributed by atoms with Crippen LogP contribution in [0.1, 0.15) is 56.1 Å². The maximum Gasteiger partial charge on any atom is 0.157 e. The van der Waals surface area contributed by atoms with E-state index in [0.29, 0.717) is 24.2 Å². The molecule has 0 aliphatic heterocycles. The molecule has 5 atom stereocenters. The van der Waals surface area contributed by atoms with Gasteiger partial charge in [-0.15, -0.1) is 6.42 Å². The first-order chi connectivity index (χ1) is 10.9. The number of benzene rings is 1. The van der Waals surface area contributed by atoms with Crippen LogP contribution in [0.3, 0.4) is 0 Å². The van der Waals surface area contributed by atoms with Crippen molar-refractivity contribution in [2.45, 2.75) is 57.0 Å². The summed E-state index contributed by atoms with van der Waals surface area (Å²) in [6.07, 6.45) is 11.3. The number of hydrogen-bond acceptors (Lipinski definition) is 3. The number of phenols is 2. The molecule has 122 valence electrons. The van der Waals surface area contributed by atoms with Crippen molar-refractivity contribution in [1.82, 2.24) is 0 Å². The lowest BCUT2D eigenvalue weighted by Crippen LogP contribution is -2.50. The van der Waals surface area contributed by atoms with Gasteiger partial charge >= 0.3 is 0 Å². The molecule has 2 fully saturated rings. The third-order valence-corrected chi connectivity index (χ3v) is 7.21. The highest BCUT2D eigenvalue weighted by atomic mass is 16.3. The molecule has 3 unspecified atom stereocenters. The summed E-state index contributed by atoms with van der Waals surface area (Å²) < 4.78 is 0. The van der Waals surface area contributed by atoms with Crippen LogP contribution in [-0.4, -0.2) is 20.9 Å². The van der Waals surface area contributed by atoms with Gasteiger partial charge in [0, 0.05) is 5.41 Å². The second-order valence-electron chi connectivity index (χ2n) is 7.95. The van der Waals surface area contributed by atoms with Crippen molar-refractivity contribution in [1.29, 1.82) is 0 Å². The van der Waals surface area contributed by atoms with Gasteiger partial charge < -0.3 is 15.3 Å². The maximum absolute atomic E-state index is 10.9. The summed E-state index contributed by atoms with van der Waals surface area (Å²) >= 11 is 0. The van der Waals surface area contributed by atoms with Crippen LogP contribution < -0.4 is 0 Å². The van der Waals surface area contributed by atoms with Gasteiger partial charge in [0.05, 0.1) is 0 Å². The first kappa shape index (κ1) is 14.9. The van der Waals surface area contributed by atoms with Crippen LogP contribution in [-0.2, 0) is 6.42 Å². The molecule has 0 bridgehead atoms. The van der Waals surface area contributed by atoms with Crippen molar-refractivity contribution in [2.24, 2.45) is 17.3 Å². The molecular formula is C20H24O3. The SMILES string of the molecule is C#C[C@]1(O)CCC2C3CCc4cc(O)c(O)cc4C3CC[C@@]21C. The summed E-state index contributed by atoms with van der Waals surface area (Å²) in [4.78, 5) is 0. The largest absolute Gasteiger partial charge is 0.504 e. The monoisotopic (exact) mass is 312 g/mol. The quantitative estimate of drug-likeness (QED) is 0.509. The van der Waals surface area contributed by atoms with E-state index in [1.165, 1.54) is 5.56 Å². The van der Waals surface area contributed by atoms with E-state index in [1.54, 1.807) is 12.1 Å². The van der Waals surface area contributed by atoms with Gasteiger partial charge in [0.2, 0.25) is 0 Å². The molecule has 3 aliphatic carbocycles. The lowest BCUT2D eigenvalue weighted by atomic mass is 9.53. The van der Waals surface area contributed by atoms with Crippen LogP contribution in [0.2, 0.25) is 0 Å². The second kappa shape index (κ2) is 4.68. The minimum atomic E-state index is -0.972. The third-order valence-electron chi connectivity index (χ3n) is 7.21. The first-order valence-electron chi connectivity index (χ1n) is 8.64. The molecule has 1 aromatic carbocycles. The Labute approximate surface area is 137 Å². The zero-order valence-electron chi connectivity index (χ0n) is 13.5. The second-order valence-corrected chi connectivity index (χ2v) is 7.95. The van der Waals surface area contributed by atoms with Crippen molar-refractivity contribution in [3.63, 3.8) is 0 Å². The molecule has 3 heteroatoms. The number of aliphatic hydroxyl groups is 1. The van der Waals surface area contributed by atoms with Crippen molar-refractivity contribution >= 4 is 0 Å². The molecule has 0 saturated heterocycles. The van der Waals surface area contributed by atoms with Gasteiger partial charge in [0.25, 0.3) is 0 Å². The van der Waals surface area contributed by atoms with Crippen LogP contribution in [0.4, 0.5) is 0 Å².